The monoisotopic (exact) mass is 395 g/mol. The van der Waals surface area contributed by atoms with E-state index in [2.05, 4.69) is 0 Å². The minimum atomic E-state index is -3.98. The van der Waals surface area contributed by atoms with Gasteiger partial charge in [0.15, 0.2) is 0 Å². The summed E-state index contributed by atoms with van der Waals surface area (Å²) in [5.74, 6) is 4.60. The van der Waals surface area contributed by atoms with E-state index in [1.807, 2.05) is 37.5 Å². The molecule has 0 aromatic heterocycles. The number of carbonyl (C=O) groups is 1. The number of hydrazine groups is 1. The fraction of sp³-hybridized carbons (Fsp3) is 0.278. The molecule has 0 heterocycles. The standard InChI is InChI=1S/C18H22ClN3O3S/c1-3-13-6-5-7-14(4-2)18(13)22(12-17(23)21-20)26(24,25)16-10-8-15(19)9-11-16/h5-11H,3-4,12,20H2,1-2H3,(H,21,23). The van der Waals surface area contributed by atoms with Crippen molar-refractivity contribution in [2.75, 3.05) is 10.8 Å². The van der Waals surface area contributed by atoms with Gasteiger partial charge in [-0.3, -0.25) is 14.5 Å². The van der Waals surface area contributed by atoms with Crippen molar-refractivity contribution in [3.8, 4) is 0 Å². The number of halogens is 1. The number of para-hydroxylation sites is 1. The van der Waals surface area contributed by atoms with Crippen LogP contribution in [0.1, 0.15) is 25.0 Å². The Hall–Kier alpha value is -2.09. The van der Waals surface area contributed by atoms with Crippen LogP contribution in [0, 0.1) is 0 Å². The maximum Gasteiger partial charge on any atom is 0.264 e. The van der Waals surface area contributed by atoms with Crippen LogP contribution in [0.4, 0.5) is 5.69 Å². The summed E-state index contributed by atoms with van der Waals surface area (Å²) in [6.45, 7) is 3.47. The van der Waals surface area contributed by atoms with Gasteiger partial charge in [-0.1, -0.05) is 43.6 Å². The molecule has 0 saturated heterocycles. The molecule has 2 aromatic carbocycles. The number of amides is 1. The van der Waals surface area contributed by atoms with Crippen molar-refractivity contribution in [2.45, 2.75) is 31.6 Å². The SMILES string of the molecule is CCc1cccc(CC)c1N(CC(=O)NN)S(=O)(=O)c1ccc(Cl)cc1. The zero-order chi connectivity index (χ0) is 19.3. The molecule has 0 radical (unpaired) electrons. The first-order valence-electron chi connectivity index (χ1n) is 8.23. The van der Waals surface area contributed by atoms with E-state index in [1.165, 1.54) is 24.3 Å². The van der Waals surface area contributed by atoms with Crippen LogP contribution in [0.5, 0.6) is 0 Å². The molecule has 0 aliphatic carbocycles. The van der Waals surface area contributed by atoms with Crippen molar-refractivity contribution in [1.82, 2.24) is 5.43 Å². The van der Waals surface area contributed by atoms with Crippen LogP contribution in [0.25, 0.3) is 0 Å². The molecule has 0 spiro atoms. The second-order valence-electron chi connectivity index (χ2n) is 5.67. The molecule has 0 atom stereocenters. The van der Waals surface area contributed by atoms with E-state index in [-0.39, 0.29) is 4.90 Å². The van der Waals surface area contributed by atoms with Crippen molar-refractivity contribution in [1.29, 1.82) is 0 Å². The molecule has 0 fully saturated rings. The normalized spacial score (nSPS) is 11.2. The van der Waals surface area contributed by atoms with Crippen molar-refractivity contribution >= 4 is 33.2 Å². The Labute approximate surface area is 159 Å². The van der Waals surface area contributed by atoms with E-state index < -0.39 is 22.5 Å². The lowest BCUT2D eigenvalue weighted by Gasteiger charge is -2.28. The summed E-state index contributed by atoms with van der Waals surface area (Å²) in [6, 6.07) is 11.5. The van der Waals surface area contributed by atoms with Crippen LogP contribution in [0.2, 0.25) is 5.02 Å². The van der Waals surface area contributed by atoms with Crippen LogP contribution in [-0.2, 0) is 27.7 Å². The van der Waals surface area contributed by atoms with Gasteiger partial charge in [-0.2, -0.15) is 0 Å². The molecule has 140 valence electrons. The molecule has 0 aliphatic rings. The smallest absolute Gasteiger partial charge is 0.264 e. The molecule has 3 N–H and O–H groups in total. The highest BCUT2D eigenvalue weighted by Crippen LogP contribution is 2.32. The molecule has 0 bridgehead atoms. The van der Waals surface area contributed by atoms with Gasteiger partial charge in [-0.25, -0.2) is 14.3 Å². The summed E-state index contributed by atoms with van der Waals surface area (Å²) in [6.07, 6.45) is 1.25. The van der Waals surface area contributed by atoms with Crippen molar-refractivity contribution in [2.24, 2.45) is 5.84 Å². The molecular weight excluding hydrogens is 374 g/mol. The molecule has 1 amide bonds. The summed E-state index contributed by atoms with van der Waals surface area (Å²) in [4.78, 5) is 12.0. The predicted octanol–water partition coefficient (Wildman–Crippen LogP) is 2.65. The zero-order valence-corrected chi connectivity index (χ0v) is 16.3. The fourth-order valence-electron chi connectivity index (χ4n) is 2.73. The highest BCUT2D eigenvalue weighted by Gasteiger charge is 2.30. The predicted molar refractivity (Wildman–Crippen MR) is 104 cm³/mol. The molecule has 2 aromatic rings. The summed E-state index contributed by atoms with van der Waals surface area (Å²) < 4.78 is 27.7. The van der Waals surface area contributed by atoms with Gasteiger partial charge in [0.2, 0.25) is 0 Å². The number of anilines is 1. The average Bonchev–Trinajstić information content (AvgIpc) is 2.65. The Morgan fingerprint density at radius 1 is 1.08 bits per heavy atom. The first kappa shape index (κ1) is 20.2. The minimum absolute atomic E-state index is 0.0553. The third-order valence-corrected chi connectivity index (χ3v) is 6.08. The van der Waals surface area contributed by atoms with Gasteiger partial charge < -0.3 is 0 Å². The number of hydrogen-bond acceptors (Lipinski definition) is 4. The highest BCUT2D eigenvalue weighted by atomic mass is 35.5. The molecule has 0 unspecified atom stereocenters. The van der Waals surface area contributed by atoms with Crippen LogP contribution in [0.15, 0.2) is 47.4 Å². The Kier molecular flexibility index (Phi) is 6.63. The lowest BCUT2D eigenvalue weighted by Crippen LogP contribution is -2.43. The minimum Gasteiger partial charge on any atom is -0.293 e. The van der Waals surface area contributed by atoms with Crippen LogP contribution in [-0.4, -0.2) is 20.9 Å². The molecule has 26 heavy (non-hydrogen) atoms. The highest BCUT2D eigenvalue weighted by molar-refractivity contribution is 7.92. The summed E-state index contributed by atoms with van der Waals surface area (Å²) in [5, 5.41) is 0.429. The number of nitrogens with zero attached hydrogens (tertiary/aromatic N) is 1. The summed E-state index contributed by atoms with van der Waals surface area (Å²) in [5.41, 5.74) is 4.21. The van der Waals surface area contributed by atoms with Crippen molar-refractivity contribution in [3.05, 3.63) is 58.6 Å². The molecule has 2 rings (SSSR count). The van der Waals surface area contributed by atoms with Gasteiger partial charge in [-0.15, -0.1) is 0 Å². The third kappa shape index (κ3) is 4.17. The quantitative estimate of drug-likeness (QED) is 0.428. The number of aryl methyl sites for hydroxylation is 2. The van der Waals surface area contributed by atoms with E-state index in [0.29, 0.717) is 23.6 Å². The molecule has 0 aliphatic heterocycles. The van der Waals surface area contributed by atoms with Gasteiger partial charge in [0.25, 0.3) is 15.9 Å². The second kappa shape index (κ2) is 8.53. The third-order valence-electron chi connectivity index (χ3n) is 4.06. The second-order valence-corrected chi connectivity index (χ2v) is 7.96. The number of nitrogens with one attached hydrogen (secondary N) is 1. The van der Waals surface area contributed by atoms with Crippen LogP contribution < -0.4 is 15.6 Å². The lowest BCUT2D eigenvalue weighted by atomic mass is 10.0. The largest absolute Gasteiger partial charge is 0.293 e. The average molecular weight is 396 g/mol. The van der Waals surface area contributed by atoms with E-state index >= 15 is 0 Å². The lowest BCUT2D eigenvalue weighted by molar-refractivity contribution is -0.119. The molecule has 8 heteroatoms. The topological polar surface area (TPSA) is 92.5 Å². The number of benzene rings is 2. The number of rotatable bonds is 7. The van der Waals surface area contributed by atoms with Crippen LogP contribution >= 0.6 is 11.6 Å². The Bertz CT molecular complexity index is 861. The number of hydrogen-bond donors (Lipinski definition) is 2. The number of carbonyl (C=O) groups excluding carboxylic acids is 1. The summed E-state index contributed by atoms with van der Waals surface area (Å²) >= 11 is 5.87. The molecular formula is C18H22ClN3O3S. The van der Waals surface area contributed by atoms with Gasteiger partial charge in [0, 0.05) is 5.02 Å². The van der Waals surface area contributed by atoms with E-state index in [9.17, 15) is 13.2 Å². The maximum absolute atomic E-state index is 13.3. The van der Waals surface area contributed by atoms with Crippen LogP contribution in [0.3, 0.4) is 0 Å². The zero-order valence-electron chi connectivity index (χ0n) is 14.7. The Morgan fingerprint density at radius 2 is 1.62 bits per heavy atom. The first-order valence-corrected chi connectivity index (χ1v) is 10.0. The maximum atomic E-state index is 13.3. The number of sulfonamides is 1. The fourth-order valence-corrected chi connectivity index (χ4v) is 4.35. The van der Waals surface area contributed by atoms with E-state index in [4.69, 9.17) is 17.4 Å². The molecule has 6 nitrogen and oxygen atoms in total. The molecule has 0 saturated carbocycles. The van der Waals surface area contributed by atoms with Gasteiger partial charge in [0.1, 0.15) is 6.54 Å². The van der Waals surface area contributed by atoms with Gasteiger partial charge in [0.05, 0.1) is 10.6 Å². The van der Waals surface area contributed by atoms with Crippen molar-refractivity contribution in [3.63, 3.8) is 0 Å². The Balaban J connectivity index is 2.68. The number of nitrogens with two attached hydrogens (primary N) is 1. The summed E-state index contributed by atoms with van der Waals surface area (Å²) in [7, 11) is -3.98. The van der Waals surface area contributed by atoms with Gasteiger partial charge in [-0.05, 0) is 48.2 Å². The van der Waals surface area contributed by atoms with E-state index in [1.54, 1.807) is 0 Å². The van der Waals surface area contributed by atoms with Gasteiger partial charge >= 0.3 is 0 Å². The van der Waals surface area contributed by atoms with E-state index in [0.717, 1.165) is 15.4 Å². The Morgan fingerprint density at radius 3 is 2.08 bits per heavy atom. The first-order chi connectivity index (χ1) is 12.3. The van der Waals surface area contributed by atoms with Crippen molar-refractivity contribution < 1.29 is 13.2 Å².